The Hall–Kier alpha value is -4.83. The Morgan fingerprint density at radius 2 is 1.50 bits per heavy atom. The number of nitrogens with one attached hydrogen (secondary N) is 2. The summed E-state index contributed by atoms with van der Waals surface area (Å²) in [5, 5.41) is 5.67. The van der Waals surface area contributed by atoms with E-state index in [1.54, 1.807) is 55.6 Å². The topological polar surface area (TPSA) is 99.6 Å². The first-order chi connectivity index (χ1) is 20.9. The summed E-state index contributed by atoms with van der Waals surface area (Å²) in [5.74, 6) is -1.15. The zero-order valence-electron chi connectivity index (χ0n) is 25.6. The second-order valence-electron chi connectivity index (χ2n) is 12.1. The highest BCUT2D eigenvalue weighted by Gasteiger charge is 2.21. The summed E-state index contributed by atoms with van der Waals surface area (Å²) >= 11 is 0. The number of benzene rings is 3. The van der Waals surface area contributed by atoms with E-state index in [-0.39, 0.29) is 34.1 Å². The van der Waals surface area contributed by atoms with Gasteiger partial charge in [0.15, 0.2) is 11.6 Å². The van der Waals surface area contributed by atoms with E-state index in [0.29, 0.717) is 29.9 Å². The van der Waals surface area contributed by atoms with Gasteiger partial charge in [-0.25, -0.2) is 9.37 Å². The van der Waals surface area contributed by atoms with Crippen LogP contribution >= 0.6 is 0 Å². The van der Waals surface area contributed by atoms with E-state index in [0.717, 1.165) is 18.7 Å². The number of carbonyl (C=O) groups is 2. The molecule has 1 aliphatic heterocycles. The van der Waals surface area contributed by atoms with Gasteiger partial charge < -0.3 is 25.0 Å². The number of nitrogens with zero attached hydrogens (tertiary/aromatic N) is 4. The standard InChI is InChI=1S/C34H37FN6O3/c1-34(2,3)24-13-9-22(10-14-24)31(42)38-27-8-6-7-26(29(27)35)28-21-40(5)33(44)30(37-28)36-25-15-11-23(12-16-25)32(43)41-19-17-39(4)18-20-41/h6-16,21H,17-20H2,1-5H3,(H,36,37)(H,38,42). The molecule has 0 saturated carbocycles. The summed E-state index contributed by atoms with van der Waals surface area (Å²) in [5.41, 5.74) is 2.47. The number of hydrogen-bond acceptors (Lipinski definition) is 6. The van der Waals surface area contributed by atoms with Crippen LogP contribution in [0.4, 0.5) is 21.6 Å². The fourth-order valence-corrected chi connectivity index (χ4v) is 4.98. The summed E-state index contributed by atoms with van der Waals surface area (Å²) < 4.78 is 17.1. The van der Waals surface area contributed by atoms with Crippen molar-refractivity contribution in [2.75, 3.05) is 43.9 Å². The van der Waals surface area contributed by atoms with Crippen LogP contribution in [0.15, 0.2) is 77.7 Å². The highest BCUT2D eigenvalue weighted by molar-refractivity contribution is 6.04. The van der Waals surface area contributed by atoms with Crippen LogP contribution < -0.4 is 16.2 Å². The van der Waals surface area contributed by atoms with Crippen molar-refractivity contribution in [3.63, 3.8) is 0 Å². The Morgan fingerprint density at radius 3 is 2.14 bits per heavy atom. The predicted octanol–water partition coefficient (Wildman–Crippen LogP) is 5.27. The van der Waals surface area contributed by atoms with E-state index in [2.05, 4.69) is 41.3 Å². The number of aromatic nitrogens is 2. The molecule has 0 bridgehead atoms. The lowest BCUT2D eigenvalue weighted by Gasteiger charge is -2.32. The van der Waals surface area contributed by atoms with Crippen molar-refractivity contribution in [1.29, 1.82) is 0 Å². The summed E-state index contributed by atoms with van der Waals surface area (Å²) in [6, 6.07) is 18.7. The van der Waals surface area contributed by atoms with Crippen molar-refractivity contribution >= 4 is 29.0 Å². The minimum Gasteiger partial charge on any atom is -0.336 e. The first-order valence-corrected chi connectivity index (χ1v) is 14.5. The molecule has 0 spiro atoms. The Bertz CT molecular complexity index is 1740. The number of halogens is 1. The molecule has 5 rings (SSSR count). The summed E-state index contributed by atoms with van der Waals surface area (Å²) in [6.07, 6.45) is 1.45. The number of aryl methyl sites for hydroxylation is 1. The molecule has 4 aromatic rings. The van der Waals surface area contributed by atoms with Crippen LogP contribution in [0.3, 0.4) is 0 Å². The molecule has 1 aromatic heterocycles. The van der Waals surface area contributed by atoms with Gasteiger partial charge in [-0.3, -0.25) is 14.4 Å². The molecule has 1 fully saturated rings. The average Bonchev–Trinajstić information content (AvgIpc) is 3.00. The summed E-state index contributed by atoms with van der Waals surface area (Å²) in [7, 11) is 3.59. The second kappa shape index (κ2) is 12.4. The van der Waals surface area contributed by atoms with Crippen LogP contribution in [0, 0.1) is 5.82 Å². The van der Waals surface area contributed by atoms with Crippen molar-refractivity contribution in [3.05, 3.63) is 106 Å². The molecule has 44 heavy (non-hydrogen) atoms. The quantitative estimate of drug-likeness (QED) is 0.315. The summed E-state index contributed by atoms with van der Waals surface area (Å²) in [6.45, 7) is 9.28. The van der Waals surface area contributed by atoms with Crippen LogP contribution in [0.25, 0.3) is 11.3 Å². The van der Waals surface area contributed by atoms with Gasteiger partial charge in [0.05, 0.1) is 11.4 Å². The van der Waals surface area contributed by atoms with Gasteiger partial charge in [-0.15, -0.1) is 0 Å². The smallest absolute Gasteiger partial charge is 0.293 e. The zero-order valence-corrected chi connectivity index (χ0v) is 25.6. The van der Waals surface area contributed by atoms with Gasteiger partial charge in [0.1, 0.15) is 0 Å². The first-order valence-electron chi connectivity index (χ1n) is 14.5. The van der Waals surface area contributed by atoms with Gasteiger partial charge in [-0.2, -0.15) is 0 Å². The first kappa shape index (κ1) is 30.6. The van der Waals surface area contributed by atoms with E-state index in [1.165, 1.54) is 16.8 Å². The van der Waals surface area contributed by atoms with Crippen LogP contribution in [-0.2, 0) is 12.5 Å². The minimum atomic E-state index is -0.670. The van der Waals surface area contributed by atoms with Gasteiger partial charge in [0.25, 0.3) is 17.4 Å². The van der Waals surface area contributed by atoms with E-state index in [9.17, 15) is 14.4 Å². The van der Waals surface area contributed by atoms with Crippen molar-refractivity contribution < 1.29 is 14.0 Å². The number of rotatable bonds is 6. The fraction of sp³-hybridized carbons (Fsp3) is 0.294. The third-order valence-electron chi connectivity index (χ3n) is 7.79. The Balaban J connectivity index is 1.34. The van der Waals surface area contributed by atoms with Gasteiger partial charge in [0.2, 0.25) is 0 Å². The lowest BCUT2D eigenvalue weighted by Crippen LogP contribution is -2.47. The van der Waals surface area contributed by atoms with Crippen molar-refractivity contribution in [3.8, 4) is 11.3 Å². The Labute approximate surface area is 256 Å². The lowest BCUT2D eigenvalue weighted by molar-refractivity contribution is 0.0664. The predicted molar refractivity (Wildman–Crippen MR) is 171 cm³/mol. The maximum absolute atomic E-state index is 15.7. The molecule has 0 atom stereocenters. The van der Waals surface area contributed by atoms with E-state index in [4.69, 9.17) is 0 Å². The molecule has 0 aliphatic carbocycles. The van der Waals surface area contributed by atoms with Gasteiger partial charge in [-0.1, -0.05) is 39.0 Å². The number of amides is 2. The molecule has 3 aromatic carbocycles. The normalized spacial score (nSPS) is 13.9. The molecule has 9 nitrogen and oxygen atoms in total. The minimum absolute atomic E-state index is 0.00170. The van der Waals surface area contributed by atoms with Crippen LogP contribution in [0.2, 0.25) is 0 Å². The van der Waals surface area contributed by atoms with Crippen LogP contribution in [0.1, 0.15) is 47.1 Å². The fourth-order valence-electron chi connectivity index (χ4n) is 4.98. The third kappa shape index (κ3) is 6.70. The van der Waals surface area contributed by atoms with Crippen LogP contribution in [0.5, 0.6) is 0 Å². The highest BCUT2D eigenvalue weighted by Crippen LogP contribution is 2.28. The van der Waals surface area contributed by atoms with Crippen molar-refractivity contribution in [2.24, 2.45) is 7.05 Å². The van der Waals surface area contributed by atoms with Crippen molar-refractivity contribution in [2.45, 2.75) is 26.2 Å². The van der Waals surface area contributed by atoms with Gasteiger partial charge in [0, 0.05) is 61.8 Å². The largest absolute Gasteiger partial charge is 0.336 e. The molecule has 228 valence electrons. The summed E-state index contributed by atoms with van der Waals surface area (Å²) in [4.78, 5) is 47.2. The molecule has 2 heterocycles. The molecule has 2 amide bonds. The molecule has 1 aliphatic rings. The average molecular weight is 597 g/mol. The van der Waals surface area contributed by atoms with E-state index < -0.39 is 17.3 Å². The molecule has 0 radical (unpaired) electrons. The number of hydrogen-bond donors (Lipinski definition) is 2. The third-order valence-corrected chi connectivity index (χ3v) is 7.79. The van der Waals surface area contributed by atoms with Gasteiger partial charge >= 0.3 is 0 Å². The van der Waals surface area contributed by atoms with Crippen molar-refractivity contribution in [1.82, 2.24) is 19.4 Å². The zero-order chi connectivity index (χ0) is 31.6. The molecular formula is C34H37FN6O3. The molecular weight excluding hydrogens is 559 g/mol. The second-order valence-corrected chi connectivity index (χ2v) is 12.1. The monoisotopic (exact) mass is 596 g/mol. The molecule has 10 heteroatoms. The molecule has 1 saturated heterocycles. The van der Waals surface area contributed by atoms with Crippen LogP contribution in [-0.4, -0.2) is 64.4 Å². The maximum Gasteiger partial charge on any atom is 0.293 e. The number of anilines is 3. The number of likely N-dealkylation sites (N-methyl/N-ethyl adjacent to an activating group) is 1. The molecule has 0 unspecified atom stereocenters. The number of piperazine rings is 1. The Morgan fingerprint density at radius 1 is 0.864 bits per heavy atom. The maximum atomic E-state index is 15.7. The highest BCUT2D eigenvalue weighted by atomic mass is 19.1. The van der Waals surface area contributed by atoms with E-state index >= 15 is 4.39 Å². The SMILES string of the molecule is CN1CCN(C(=O)c2ccc(Nc3nc(-c4cccc(NC(=O)c5ccc(C(C)(C)C)cc5)c4F)cn(C)c3=O)cc2)CC1. The lowest BCUT2D eigenvalue weighted by atomic mass is 9.87. The molecule has 2 N–H and O–H groups in total. The Kier molecular flexibility index (Phi) is 8.64. The number of carbonyl (C=O) groups excluding carboxylic acids is 2. The van der Waals surface area contributed by atoms with Gasteiger partial charge in [-0.05, 0) is 66.6 Å². The van der Waals surface area contributed by atoms with E-state index in [1.807, 2.05) is 24.1 Å².